The Labute approximate surface area is 157 Å². The van der Waals surface area contributed by atoms with E-state index < -0.39 is 0 Å². The Morgan fingerprint density at radius 2 is 1.85 bits per heavy atom. The highest BCUT2D eigenvalue weighted by molar-refractivity contribution is 5.78. The van der Waals surface area contributed by atoms with Crippen molar-refractivity contribution in [2.45, 2.75) is 13.0 Å². The molecule has 0 saturated carbocycles. The highest BCUT2D eigenvalue weighted by Crippen LogP contribution is 2.13. The summed E-state index contributed by atoms with van der Waals surface area (Å²) in [6.45, 7) is 0.733. The first-order valence-corrected chi connectivity index (χ1v) is 8.67. The summed E-state index contributed by atoms with van der Waals surface area (Å²) in [5, 5.41) is 2.82. The number of carbonyl (C=O) groups excluding carboxylic acids is 1. The zero-order chi connectivity index (χ0) is 19.1. The van der Waals surface area contributed by atoms with E-state index in [4.69, 9.17) is 4.74 Å². The molecule has 3 rings (SSSR count). The Balaban J connectivity index is 1.52. The third kappa shape index (κ3) is 5.04. The van der Waals surface area contributed by atoms with E-state index in [1.165, 1.54) is 17.0 Å². The van der Waals surface area contributed by atoms with Gasteiger partial charge in [0, 0.05) is 24.7 Å². The fourth-order valence-corrected chi connectivity index (χ4v) is 2.67. The molecule has 3 aromatic rings. The molecular weight excluding hydrogens is 342 g/mol. The van der Waals surface area contributed by atoms with Gasteiger partial charge in [0.2, 0.25) is 5.91 Å². The quantitative estimate of drug-likeness (QED) is 0.699. The predicted molar refractivity (Wildman–Crippen MR) is 104 cm³/mol. The molecule has 6 heteroatoms. The van der Waals surface area contributed by atoms with Gasteiger partial charge in [-0.1, -0.05) is 42.5 Å². The number of carbonyl (C=O) groups is 1. The minimum Gasteiger partial charge on any atom is -0.497 e. The van der Waals surface area contributed by atoms with E-state index in [2.05, 4.69) is 10.3 Å². The normalized spacial score (nSPS) is 10.4. The smallest absolute Gasteiger partial charge is 0.253 e. The maximum absolute atomic E-state index is 12.2. The largest absolute Gasteiger partial charge is 0.497 e. The number of ether oxygens (including phenoxy) is 1. The molecule has 0 fully saturated rings. The van der Waals surface area contributed by atoms with Crippen molar-refractivity contribution in [1.82, 2.24) is 14.9 Å². The van der Waals surface area contributed by atoms with Gasteiger partial charge in [-0.3, -0.25) is 14.2 Å². The minimum absolute atomic E-state index is 0.0953. The third-order valence-electron chi connectivity index (χ3n) is 4.15. The maximum atomic E-state index is 12.2. The number of benzene rings is 2. The molecule has 1 N–H and O–H groups in total. The second kappa shape index (κ2) is 8.80. The minimum atomic E-state index is -0.145. The van der Waals surface area contributed by atoms with Crippen molar-refractivity contribution in [1.29, 1.82) is 0 Å². The van der Waals surface area contributed by atoms with E-state index in [0.717, 1.165) is 16.9 Å². The number of hydrogen-bond acceptors (Lipinski definition) is 4. The highest BCUT2D eigenvalue weighted by Gasteiger charge is 2.05. The number of hydrogen-bond donors (Lipinski definition) is 1. The van der Waals surface area contributed by atoms with Gasteiger partial charge in [0.25, 0.3) is 5.56 Å². The summed E-state index contributed by atoms with van der Waals surface area (Å²) in [6, 6.07) is 18.4. The molecule has 0 atom stereocenters. The highest BCUT2D eigenvalue weighted by atomic mass is 16.5. The van der Waals surface area contributed by atoms with Gasteiger partial charge in [-0.25, -0.2) is 4.98 Å². The number of amides is 1. The van der Waals surface area contributed by atoms with Gasteiger partial charge in [0.05, 0.1) is 25.6 Å². The van der Waals surface area contributed by atoms with Gasteiger partial charge in [-0.2, -0.15) is 0 Å². The van der Waals surface area contributed by atoms with E-state index in [-0.39, 0.29) is 17.9 Å². The van der Waals surface area contributed by atoms with Crippen molar-refractivity contribution in [3.05, 3.63) is 82.9 Å². The van der Waals surface area contributed by atoms with Crippen LogP contribution in [0.2, 0.25) is 0 Å². The van der Waals surface area contributed by atoms with Crippen LogP contribution in [0.5, 0.6) is 5.75 Å². The second-order valence-electron chi connectivity index (χ2n) is 6.05. The molecular formula is C21H21N3O3. The topological polar surface area (TPSA) is 73.2 Å². The fraction of sp³-hybridized carbons (Fsp3) is 0.190. The summed E-state index contributed by atoms with van der Waals surface area (Å²) in [5.41, 5.74) is 2.29. The van der Waals surface area contributed by atoms with E-state index in [1.54, 1.807) is 7.11 Å². The lowest BCUT2D eigenvalue weighted by molar-refractivity contribution is -0.120. The van der Waals surface area contributed by atoms with Crippen LogP contribution in [0.25, 0.3) is 11.3 Å². The van der Waals surface area contributed by atoms with Crippen molar-refractivity contribution in [3.8, 4) is 17.0 Å². The van der Waals surface area contributed by atoms with Gasteiger partial charge in [0.1, 0.15) is 5.75 Å². The lowest BCUT2D eigenvalue weighted by atomic mass is 10.1. The van der Waals surface area contributed by atoms with Crippen LogP contribution < -0.4 is 15.6 Å². The molecule has 0 aliphatic rings. The second-order valence-corrected chi connectivity index (χ2v) is 6.05. The van der Waals surface area contributed by atoms with Crippen molar-refractivity contribution in [3.63, 3.8) is 0 Å². The van der Waals surface area contributed by atoms with Crippen LogP contribution in [0.3, 0.4) is 0 Å². The van der Waals surface area contributed by atoms with E-state index in [9.17, 15) is 9.59 Å². The lowest BCUT2D eigenvalue weighted by Gasteiger charge is -2.08. The number of nitrogens with zero attached hydrogens (tertiary/aromatic N) is 2. The molecule has 1 aromatic heterocycles. The number of rotatable bonds is 7. The molecule has 0 aliphatic heterocycles. The molecule has 6 nitrogen and oxygen atoms in total. The number of nitrogens with one attached hydrogen (secondary N) is 1. The summed E-state index contributed by atoms with van der Waals surface area (Å²) in [7, 11) is 1.60. The van der Waals surface area contributed by atoms with E-state index in [1.807, 2.05) is 54.6 Å². The fourth-order valence-electron chi connectivity index (χ4n) is 2.67. The summed E-state index contributed by atoms with van der Waals surface area (Å²) in [4.78, 5) is 28.6. The average molecular weight is 363 g/mol. The van der Waals surface area contributed by atoms with E-state index >= 15 is 0 Å². The van der Waals surface area contributed by atoms with Gasteiger partial charge in [0.15, 0.2) is 0 Å². The van der Waals surface area contributed by atoms with Crippen molar-refractivity contribution in [2.75, 3.05) is 13.7 Å². The molecule has 0 unspecified atom stereocenters. The van der Waals surface area contributed by atoms with Crippen molar-refractivity contribution in [2.24, 2.45) is 0 Å². The zero-order valence-corrected chi connectivity index (χ0v) is 15.1. The van der Waals surface area contributed by atoms with E-state index in [0.29, 0.717) is 18.8 Å². The molecule has 0 radical (unpaired) electrons. The molecule has 1 heterocycles. The Kier molecular flexibility index (Phi) is 5.99. The number of aromatic nitrogens is 2. The Bertz CT molecular complexity index is 950. The molecule has 138 valence electrons. The summed E-state index contributed by atoms with van der Waals surface area (Å²) >= 11 is 0. The maximum Gasteiger partial charge on any atom is 0.253 e. The number of methoxy groups -OCH3 is 1. The first kappa shape index (κ1) is 18.4. The first-order chi connectivity index (χ1) is 13.2. The van der Waals surface area contributed by atoms with Crippen molar-refractivity contribution < 1.29 is 9.53 Å². The van der Waals surface area contributed by atoms with Gasteiger partial charge < -0.3 is 10.1 Å². The van der Waals surface area contributed by atoms with Gasteiger partial charge in [-0.05, 0) is 17.7 Å². The lowest BCUT2D eigenvalue weighted by Crippen LogP contribution is -2.31. The monoisotopic (exact) mass is 363 g/mol. The van der Waals surface area contributed by atoms with Crippen LogP contribution in [-0.4, -0.2) is 29.1 Å². The Hall–Kier alpha value is -3.41. The standard InChI is InChI=1S/C21H21N3O3/c1-27-18-9-7-16(8-10-18)13-20(25)22-11-12-24-15-23-19(14-21(24)26)17-5-3-2-4-6-17/h2-10,14-15H,11-13H2,1H3,(H,22,25). The van der Waals surface area contributed by atoms with Crippen molar-refractivity contribution >= 4 is 5.91 Å². The van der Waals surface area contributed by atoms with Crippen LogP contribution in [0.15, 0.2) is 71.8 Å². The molecule has 27 heavy (non-hydrogen) atoms. The van der Waals surface area contributed by atoms with Crippen LogP contribution in [0.4, 0.5) is 0 Å². The molecule has 0 spiro atoms. The molecule has 2 aromatic carbocycles. The summed E-state index contributed by atoms with van der Waals surface area (Å²) in [6.07, 6.45) is 1.80. The summed E-state index contributed by atoms with van der Waals surface area (Å²) < 4.78 is 6.58. The average Bonchev–Trinajstić information content (AvgIpc) is 2.70. The molecule has 0 bridgehead atoms. The third-order valence-corrected chi connectivity index (χ3v) is 4.15. The SMILES string of the molecule is COc1ccc(CC(=O)NCCn2cnc(-c3ccccc3)cc2=O)cc1. The van der Waals surface area contributed by atoms with Gasteiger partial charge in [-0.15, -0.1) is 0 Å². The first-order valence-electron chi connectivity index (χ1n) is 8.67. The van der Waals surface area contributed by atoms with Gasteiger partial charge >= 0.3 is 0 Å². The van der Waals surface area contributed by atoms with Crippen LogP contribution >= 0.6 is 0 Å². The van der Waals surface area contributed by atoms with Crippen LogP contribution in [0, 0.1) is 0 Å². The summed E-state index contributed by atoms with van der Waals surface area (Å²) in [5.74, 6) is 0.659. The Morgan fingerprint density at radius 1 is 1.11 bits per heavy atom. The zero-order valence-electron chi connectivity index (χ0n) is 15.1. The molecule has 0 saturated heterocycles. The Morgan fingerprint density at radius 3 is 2.52 bits per heavy atom. The molecule has 0 aliphatic carbocycles. The molecule has 1 amide bonds. The van der Waals surface area contributed by atoms with Crippen LogP contribution in [-0.2, 0) is 17.8 Å². The predicted octanol–water partition coefficient (Wildman–Crippen LogP) is 2.28. The van der Waals surface area contributed by atoms with Crippen LogP contribution in [0.1, 0.15) is 5.56 Å².